The van der Waals surface area contributed by atoms with Gasteiger partial charge in [-0.2, -0.15) is 0 Å². The van der Waals surface area contributed by atoms with Crippen LogP contribution in [0.4, 0.5) is 5.69 Å². The van der Waals surface area contributed by atoms with E-state index in [9.17, 15) is 0 Å². The quantitative estimate of drug-likeness (QED) is 0.651. The number of halogens is 2. The van der Waals surface area contributed by atoms with Gasteiger partial charge in [0.1, 0.15) is 5.75 Å². The molecule has 0 unspecified atom stereocenters. The van der Waals surface area contributed by atoms with Crippen molar-refractivity contribution in [2.75, 3.05) is 11.9 Å². The van der Waals surface area contributed by atoms with Crippen molar-refractivity contribution in [2.24, 2.45) is 0 Å². The van der Waals surface area contributed by atoms with Gasteiger partial charge in [-0.3, -0.25) is 0 Å². The molecule has 1 N–H and O–H groups in total. The van der Waals surface area contributed by atoms with Gasteiger partial charge in [0.25, 0.3) is 0 Å². The SMILES string of the molecule is CCCCOc1cccc(CNc2ccc(Cl)c(Cl)c2)c1. The highest BCUT2D eigenvalue weighted by molar-refractivity contribution is 6.42. The van der Waals surface area contributed by atoms with Crippen LogP contribution in [0.5, 0.6) is 5.75 Å². The number of rotatable bonds is 7. The Hall–Kier alpha value is -1.38. The average Bonchev–Trinajstić information content (AvgIpc) is 2.49. The molecule has 0 aliphatic rings. The predicted molar refractivity (Wildman–Crippen MR) is 90.6 cm³/mol. The zero-order valence-corrected chi connectivity index (χ0v) is 13.5. The molecule has 0 aliphatic carbocycles. The maximum Gasteiger partial charge on any atom is 0.119 e. The minimum Gasteiger partial charge on any atom is -0.494 e. The monoisotopic (exact) mass is 323 g/mol. The minimum atomic E-state index is 0.554. The van der Waals surface area contributed by atoms with Crippen LogP contribution in [-0.4, -0.2) is 6.61 Å². The molecule has 2 nitrogen and oxygen atoms in total. The number of hydrogen-bond donors (Lipinski definition) is 1. The van der Waals surface area contributed by atoms with Crippen LogP contribution in [0.25, 0.3) is 0 Å². The van der Waals surface area contributed by atoms with Gasteiger partial charge in [-0.1, -0.05) is 48.7 Å². The van der Waals surface area contributed by atoms with E-state index in [1.165, 1.54) is 0 Å². The maximum absolute atomic E-state index is 6.00. The first-order valence-electron chi connectivity index (χ1n) is 7.09. The summed E-state index contributed by atoms with van der Waals surface area (Å²) in [4.78, 5) is 0. The lowest BCUT2D eigenvalue weighted by Gasteiger charge is -2.10. The second kappa shape index (κ2) is 8.16. The number of nitrogens with one attached hydrogen (secondary N) is 1. The Bertz CT molecular complexity index is 587. The fourth-order valence-electron chi connectivity index (χ4n) is 1.89. The Morgan fingerprint density at radius 1 is 1.05 bits per heavy atom. The van der Waals surface area contributed by atoms with Crippen LogP contribution in [-0.2, 0) is 6.54 Å². The molecule has 4 heteroatoms. The maximum atomic E-state index is 6.00. The molecule has 0 saturated carbocycles. The average molecular weight is 324 g/mol. The molecular weight excluding hydrogens is 305 g/mol. The van der Waals surface area contributed by atoms with Crippen molar-refractivity contribution in [1.82, 2.24) is 0 Å². The molecule has 0 fully saturated rings. The number of benzene rings is 2. The molecule has 2 rings (SSSR count). The number of unbranched alkanes of at least 4 members (excludes halogenated alkanes) is 1. The second-order valence-corrected chi connectivity index (χ2v) is 5.65. The lowest BCUT2D eigenvalue weighted by Crippen LogP contribution is -2.01. The van der Waals surface area contributed by atoms with Gasteiger partial charge in [0.15, 0.2) is 0 Å². The van der Waals surface area contributed by atoms with Crippen LogP contribution in [0.3, 0.4) is 0 Å². The Kier molecular flexibility index (Phi) is 6.21. The molecule has 0 amide bonds. The molecule has 2 aromatic rings. The van der Waals surface area contributed by atoms with Gasteiger partial charge in [-0.05, 0) is 42.3 Å². The molecule has 112 valence electrons. The Labute approximate surface area is 136 Å². The molecule has 21 heavy (non-hydrogen) atoms. The standard InChI is InChI=1S/C17H19Cl2NO/c1-2-3-9-21-15-6-4-5-13(10-15)12-20-14-7-8-16(18)17(19)11-14/h4-8,10-11,20H,2-3,9,12H2,1H3. The normalized spacial score (nSPS) is 10.4. The van der Waals surface area contributed by atoms with E-state index < -0.39 is 0 Å². The van der Waals surface area contributed by atoms with Gasteiger partial charge < -0.3 is 10.1 Å². The van der Waals surface area contributed by atoms with E-state index >= 15 is 0 Å². The summed E-state index contributed by atoms with van der Waals surface area (Å²) in [7, 11) is 0. The second-order valence-electron chi connectivity index (χ2n) is 4.83. The number of hydrogen-bond acceptors (Lipinski definition) is 2. The van der Waals surface area contributed by atoms with E-state index in [1.54, 1.807) is 6.07 Å². The number of anilines is 1. The fourth-order valence-corrected chi connectivity index (χ4v) is 2.19. The van der Waals surface area contributed by atoms with Crippen molar-refractivity contribution in [1.29, 1.82) is 0 Å². The topological polar surface area (TPSA) is 21.3 Å². The summed E-state index contributed by atoms with van der Waals surface area (Å²) in [6.07, 6.45) is 2.21. The van der Waals surface area contributed by atoms with Crippen LogP contribution >= 0.6 is 23.2 Å². The first-order valence-corrected chi connectivity index (χ1v) is 7.85. The molecule has 0 aliphatic heterocycles. The van der Waals surface area contributed by atoms with Crippen LogP contribution in [0.1, 0.15) is 25.3 Å². The lowest BCUT2D eigenvalue weighted by atomic mass is 10.2. The van der Waals surface area contributed by atoms with Gasteiger partial charge in [0, 0.05) is 12.2 Å². The van der Waals surface area contributed by atoms with Gasteiger partial charge in [0.2, 0.25) is 0 Å². The van der Waals surface area contributed by atoms with Crippen molar-refractivity contribution in [3.63, 3.8) is 0 Å². The summed E-state index contributed by atoms with van der Waals surface area (Å²) in [6, 6.07) is 13.6. The lowest BCUT2D eigenvalue weighted by molar-refractivity contribution is 0.309. The van der Waals surface area contributed by atoms with Crippen molar-refractivity contribution in [3.8, 4) is 5.75 Å². The first-order chi connectivity index (χ1) is 10.2. The van der Waals surface area contributed by atoms with Crippen molar-refractivity contribution in [3.05, 3.63) is 58.1 Å². The molecule has 2 aromatic carbocycles. The van der Waals surface area contributed by atoms with E-state index in [0.29, 0.717) is 16.6 Å². The van der Waals surface area contributed by atoms with E-state index in [0.717, 1.165) is 36.4 Å². The van der Waals surface area contributed by atoms with E-state index in [2.05, 4.69) is 24.4 Å². The zero-order chi connectivity index (χ0) is 15.1. The van der Waals surface area contributed by atoms with E-state index in [4.69, 9.17) is 27.9 Å². The molecule has 0 radical (unpaired) electrons. The minimum absolute atomic E-state index is 0.554. The van der Waals surface area contributed by atoms with Gasteiger partial charge >= 0.3 is 0 Å². The molecule has 0 spiro atoms. The highest BCUT2D eigenvalue weighted by atomic mass is 35.5. The largest absolute Gasteiger partial charge is 0.494 e. The Morgan fingerprint density at radius 2 is 1.90 bits per heavy atom. The molecule has 0 aromatic heterocycles. The fraction of sp³-hybridized carbons (Fsp3) is 0.294. The molecule has 0 heterocycles. The van der Waals surface area contributed by atoms with Crippen LogP contribution in [0.15, 0.2) is 42.5 Å². The molecule has 0 bridgehead atoms. The summed E-state index contributed by atoms with van der Waals surface area (Å²) in [5.41, 5.74) is 2.11. The number of ether oxygens (including phenoxy) is 1. The Morgan fingerprint density at radius 3 is 2.67 bits per heavy atom. The van der Waals surface area contributed by atoms with Crippen molar-refractivity contribution < 1.29 is 4.74 Å². The smallest absolute Gasteiger partial charge is 0.119 e. The zero-order valence-electron chi connectivity index (χ0n) is 12.0. The first kappa shape index (κ1) is 16.0. The highest BCUT2D eigenvalue weighted by Crippen LogP contribution is 2.25. The van der Waals surface area contributed by atoms with Crippen LogP contribution in [0, 0.1) is 0 Å². The van der Waals surface area contributed by atoms with Crippen LogP contribution in [0.2, 0.25) is 10.0 Å². The third kappa shape index (κ3) is 5.14. The highest BCUT2D eigenvalue weighted by Gasteiger charge is 2.01. The van der Waals surface area contributed by atoms with Crippen molar-refractivity contribution in [2.45, 2.75) is 26.3 Å². The third-order valence-corrected chi connectivity index (χ3v) is 3.82. The van der Waals surface area contributed by atoms with Gasteiger partial charge in [-0.15, -0.1) is 0 Å². The van der Waals surface area contributed by atoms with Crippen LogP contribution < -0.4 is 10.1 Å². The summed E-state index contributed by atoms with van der Waals surface area (Å²) in [5, 5.41) is 4.44. The molecule has 0 saturated heterocycles. The summed E-state index contributed by atoms with van der Waals surface area (Å²) in [5.74, 6) is 0.914. The third-order valence-electron chi connectivity index (χ3n) is 3.08. The Balaban J connectivity index is 1.93. The van der Waals surface area contributed by atoms with E-state index in [1.807, 2.05) is 24.3 Å². The predicted octanol–water partition coefficient (Wildman–Crippen LogP) is 5.78. The summed E-state index contributed by atoms with van der Waals surface area (Å²) >= 11 is 11.9. The summed E-state index contributed by atoms with van der Waals surface area (Å²) in [6.45, 7) is 3.63. The molecular formula is C17H19Cl2NO. The van der Waals surface area contributed by atoms with E-state index in [-0.39, 0.29) is 0 Å². The summed E-state index contributed by atoms with van der Waals surface area (Å²) < 4.78 is 5.71. The van der Waals surface area contributed by atoms with Gasteiger partial charge in [0.05, 0.1) is 16.7 Å². The van der Waals surface area contributed by atoms with Gasteiger partial charge in [-0.25, -0.2) is 0 Å². The molecule has 0 atom stereocenters. The van der Waals surface area contributed by atoms with Crippen molar-refractivity contribution >= 4 is 28.9 Å².